The topological polar surface area (TPSA) is 83.1 Å². The van der Waals surface area contributed by atoms with Crippen LogP contribution < -0.4 is 24.6 Å². The second kappa shape index (κ2) is 12.1. The highest BCUT2D eigenvalue weighted by molar-refractivity contribution is 6.35. The van der Waals surface area contributed by atoms with E-state index in [1.165, 1.54) is 18.1 Å². The molecule has 1 fully saturated rings. The number of aromatic nitrogens is 2. The van der Waals surface area contributed by atoms with Crippen LogP contribution >= 0.6 is 11.6 Å². The van der Waals surface area contributed by atoms with Gasteiger partial charge in [-0.2, -0.15) is 4.98 Å². The average Bonchev–Trinajstić information content (AvgIpc) is 3.73. The van der Waals surface area contributed by atoms with Gasteiger partial charge in [0.05, 0.1) is 20.3 Å². The number of hydrogen-bond donors (Lipinski definition) is 1. The standard InChI is InChI=1S/C26H36ClFN6O3/c1-5-32(6-2)13-9-8-12-29-25-30-15-17-16-33(26(35)34(18-10-11-18)24(17)31-25)23-21(27)19(37-7-3)14-20(36-4)22(23)28/h14-15,18H,5-13,16H2,1-4H3,(H,29,30,31). The summed E-state index contributed by atoms with van der Waals surface area (Å²) >= 11 is 6.56. The van der Waals surface area contributed by atoms with E-state index in [2.05, 4.69) is 29.0 Å². The monoisotopic (exact) mass is 534 g/mol. The third-order valence-corrected chi connectivity index (χ3v) is 7.09. The summed E-state index contributed by atoms with van der Waals surface area (Å²) in [6, 6.07) is 1.02. The molecule has 1 aromatic heterocycles. The minimum absolute atomic E-state index is 0.00433. The number of hydrogen-bond acceptors (Lipinski definition) is 7. The van der Waals surface area contributed by atoms with Crippen LogP contribution in [0.4, 0.5) is 26.6 Å². The normalized spacial score (nSPS) is 15.3. The second-order valence-electron chi connectivity index (χ2n) is 9.16. The first-order chi connectivity index (χ1) is 17.9. The molecule has 1 aromatic carbocycles. The summed E-state index contributed by atoms with van der Waals surface area (Å²) in [5.41, 5.74) is 0.649. The molecule has 1 saturated carbocycles. The van der Waals surface area contributed by atoms with Gasteiger partial charge in [0.25, 0.3) is 0 Å². The molecule has 0 atom stereocenters. The van der Waals surface area contributed by atoms with Gasteiger partial charge in [-0.3, -0.25) is 9.80 Å². The Morgan fingerprint density at radius 2 is 1.97 bits per heavy atom. The van der Waals surface area contributed by atoms with Gasteiger partial charge < -0.3 is 19.7 Å². The molecule has 0 spiro atoms. The molecule has 202 valence electrons. The Labute approximate surface area is 222 Å². The Bertz CT molecular complexity index is 1110. The molecule has 1 aliphatic heterocycles. The first kappa shape index (κ1) is 27.2. The van der Waals surface area contributed by atoms with E-state index in [1.807, 2.05) is 0 Å². The molecule has 0 saturated heterocycles. The third-order valence-electron chi connectivity index (χ3n) is 6.73. The summed E-state index contributed by atoms with van der Waals surface area (Å²) in [4.78, 5) is 28.3. The largest absolute Gasteiger partial charge is 0.493 e. The van der Waals surface area contributed by atoms with Crippen molar-refractivity contribution in [2.24, 2.45) is 0 Å². The average molecular weight is 535 g/mol. The summed E-state index contributed by atoms with van der Waals surface area (Å²) in [5, 5.41) is 3.32. The maximum absolute atomic E-state index is 15.5. The van der Waals surface area contributed by atoms with Gasteiger partial charge in [0.2, 0.25) is 5.95 Å². The van der Waals surface area contributed by atoms with E-state index in [1.54, 1.807) is 18.0 Å². The van der Waals surface area contributed by atoms with Crippen LogP contribution in [-0.2, 0) is 6.54 Å². The number of rotatable bonds is 13. The number of carbonyl (C=O) groups excluding carboxylic acids is 1. The molecular formula is C26H36ClFN6O3. The predicted molar refractivity (Wildman–Crippen MR) is 144 cm³/mol. The fraction of sp³-hybridized carbons (Fsp3) is 0.577. The number of fused-ring (bicyclic) bond motifs is 1. The quantitative estimate of drug-likeness (QED) is 0.348. The van der Waals surface area contributed by atoms with Gasteiger partial charge in [0.1, 0.15) is 22.3 Å². The number of nitrogens with one attached hydrogen (secondary N) is 1. The molecule has 0 bridgehead atoms. The minimum atomic E-state index is -0.715. The SMILES string of the molecule is CCOc1cc(OC)c(F)c(N2Cc3cnc(NCCCCN(CC)CC)nc3N(C3CC3)C2=O)c1Cl. The molecule has 11 heteroatoms. The van der Waals surface area contributed by atoms with E-state index < -0.39 is 5.82 Å². The summed E-state index contributed by atoms with van der Waals surface area (Å²) in [5.74, 6) is 0.543. The van der Waals surface area contributed by atoms with Crippen LogP contribution in [0.1, 0.15) is 52.0 Å². The number of urea groups is 1. The van der Waals surface area contributed by atoms with Crippen molar-refractivity contribution in [1.82, 2.24) is 14.9 Å². The van der Waals surface area contributed by atoms with Crippen LogP contribution in [0.5, 0.6) is 11.5 Å². The Morgan fingerprint density at radius 1 is 1.22 bits per heavy atom. The zero-order valence-corrected chi connectivity index (χ0v) is 22.8. The lowest BCUT2D eigenvalue weighted by Gasteiger charge is -2.37. The fourth-order valence-corrected chi connectivity index (χ4v) is 4.81. The van der Waals surface area contributed by atoms with Crippen molar-refractivity contribution in [3.8, 4) is 11.5 Å². The minimum Gasteiger partial charge on any atom is -0.493 e. The Morgan fingerprint density at radius 3 is 2.62 bits per heavy atom. The zero-order valence-electron chi connectivity index (χ0n) is 22.0. The lowest BCUT2D eigenvalue weighted by atomic mass is 10.1. The van der Waals surface area contributed by atoms with Crippen molar-refractivity contribution in [3.05, 3.63) is 28.7 Å². The van der Waals surface area contributed by atoms with Gasteiger partial charge in [-0.15, -0.1) is 0 Å². The molecule has 2 aliphatic rings. The molecule has 4 rings (SSSR count). The Hall–Kier alpha value is -2.85. The van der Waals surface area contributed by atoms with E-state index in [0.717, 1.165) is 57.4 Å². The molecule has 1 N–H and O–H groups in total. The molecule has 0 unspecified atom stereocenters. The summed E-state index contributed by atoms with van der Waals surface area (Å²) in [6.07, 6.45) is 5.49. The molecular weight excluding hydrogens is 499 g/mol. The second-order valence-corrected chi connectivity index (χ2v) is 9.54. The molecule has 9 nitrogen and oxygen atoms in total. The number of anilines is 3. The molecule has 2 amide bonds. The number of unbranched alkanes of at least 4 members (excludes halogenated alkanes) is 1. The highest BCUT2D eigenvalue weighted by Crippen LogP contribution is 2.46. The molecule has 37 heavy (non-hydrogen) atoms. The Balaban J connectivity index is 1.57. The van der Waals surface area contributed by atoms with E-state index >= 15 is 4.39 Å². The van der Waals surface area contributed by atoms with Crippen LogP contribution in [0.3, 0.4) is 0 Å². The van der Waals surface area contributed by atoms with E-state index in [9.17, 15) is 4.79 Å². The van der Waals surface area contributed by atoms with Crippen LogP contribution in [0.25, 0.3) is 0 Å². The van der Waals surface area contributed by atoms with Gasteiger partial charge in [-0.1, -0.05) is 25.4 Å². The first-order valence-corrected chi connectivity index (χ1v) is 13.4. The number of amides is 2. The number of methoxy groups -OCH3 is 1. The smallest absolute Gasteiger partial charge is 0.330 e. The maximum Gasteiger partial charge on any atom is 0.330 e. The molecule has 2 aromatic rings. The van der Waals surface area contributed by atoms with E-state index in [4.69, 9.17) is 26.1 Å². The van der Waals surface area contributed by atoms with Gasteiger partial charge in [-0.05, 0) is 52.2 Å². The highest BCUT2D eigenvalue weighted by Gasteiger charge is 2.43. The van der Waals surface area contributed by atoms with Crippen molar-refractivity contribution < 1.29 is 18.7 Å². The maximum atomic E-state index is 15.5. The van der Waals surface area contributed by atoms with Crippen LogP contribution in [-0.4, -0.2) is 66.8 Å². The van der Waals surface area contributed by atoms with Gasteiger partial charge in [0, 0.05) is 30.4 Å². The lowest BCUT2D eigenvalue weighted by Crippen LogP contribution is -2.49. The van der Waals surface area contributed by atoms with Crippen LogP contribution in [0.15, 0.2) is 12.3 Å². The predicted octanol–water partition coefficient (Wildman–Crippen LogP) is 5.32. The van der Waals surface area contributed by atoms with Crippen molar-refractivity contribution in [3.63, 3.8) is 0 Å². The van der Waals surface area contributed by atoms with E-state index in [-0.39, 0.29) is 40.8 Å². The summed E-state index contributed by atoms with van der Waals surface area (Å²) < 4.78 is 26.3. The molecule has 2 heterocycles. The Kier molecular flexibility index (Phi) is 8.91. The van der Waals surface area contributed by atoms with Crippen LogP contribution in [0, 0.1) is 5.82 Å². The number of carbonyl (C=O) groups is 1. The summed E-state index contributed by atoms with van der Waals surface area (Å²) in [6.45, 7) is 10.5. The highest BCUT2D eigenvalue weighted by atomic mass is 35.5. The lowest BCUT2D eigenvalue weighted by molar-refractivity contribution is 0.249. The van der Waals surface area contributed by atoms with Gasteiger partial charge in [0.15, 0.2) is 11.6 Å². The van der Waals surface area contributed by atoms with Crippen molar-refractivity contribution in [2.45, 2.75) is 59.0 Å². The number of halogens is 2. The van der Waals surface area contributed by atoms with Gasteiger partial charge in [-0.25, -0.2) is 14.2 Å². The number of ether oxygens (including phenoxy) is 2. The van der Waals surface area contributed by atoms with Crippen molar-refractivity contribution in [1.29, 1.82) is 0 Å². The van der Waals surface area contributed by atoms with Crippen molar-refractivity contribution >= 4 is 35.1 Å². The molecule has 1 aliphatic carbocycles. The third kappa shape index (κ3) is 5.85. The fourth-order valence-electron chi connectivity index (χ4n) is 4.52. The van der Waals surface area contributed by atoms with Crippen LogP contribution in [0.2, 0.25) is 5.02 Å². The van der Waals surface area contributed by atoms with Crippen molar-refractivity contribution in [2.75, 3.05) is 55.0 Å². The van der Waals surface area contributed by atoms with Gasteiger partial charge >= 0.3 is 6.03 Å². The number of benzene rings is 1. The first-order valence-electron chi connectivity index (χ1n) is 13.0. The zero-order chi connectivity index (χ0) is 26.5. The summed E-state index contributed by atoms with van der Waals surface area (Å²) in [7, 11) is 1.36. The number of nitrogens with zero attached hydrogens (tertiary/aromatic N) is 5. The molecule has 0 radical (unpaired) electrons. The van der Waals surface area contributed by atoms with E-state index in [0.29, 0.717) is 18.4 Å².